The van der Waals surface area contributed by atoms with Gasteiger partial charge in [0.05, 0.1) is 6.20 Å². The lowest BCUT2D eigenvalue weighted by Gasteiger charge is -2.15. The lowest BCUT2D eigenvalue weighted by atomic mass is 10.0. The van der Waals surface area contributed by atoms with Crippen molar-refractivity contribution in [2.24, 2.45) is 0 Å². The second kappa shape index (κ2) is 11.9. The van der Waals surface area contributed by atoms with Gasteiger partial charge < -0.3 is 15.2 Å². The number of rotatable bonds is 10. The van der Waals surface area contributed by atoms with Gasteiger partial charge in [-0.25, -0.2) is 18.9 Å². The second-order valence-corrected chi connectivity index (χ2v) is 16.7. The van der Waals surface area contributed by atoms with Crippen LogP contribution in [-0.4, -0.2) is 53.6 Å². The molecule has 2 heterocycles. The highest BCUT2D eigenvalue weighted by Gasteiger charge is 2.17. The van der Waals surface area contributed by atoms with Crippen LogP contribution >= 0.6 is 11.3 Å². The van der Waals surface area contributed by atoms with Crippen molar-refractivity contribution in [3.05, 3.63) is 71.7 Å². The predicted molar refractivity (Wildman–Crippen MR) is 154 cm³/mol. The van der Waals surface area contributed by atoms with Gasteiger partial charge in [-0.3, -0.25) is 9.69 Å². The first kappa shape index (κ1) is 28.1. The van der Waals surface area contributed by atoms with E-state index in [0.29, 0.717) is 40.8 Å². The highest BCUT2D eigenvalue weighted by atomic mass is 32.1. The van der Waals surface area contributed by atoms with E-state index in [1.165, 1.54) is 36.6 Å². The van der Waals surface area contributed by atoms with Crippen LogP contribution in [0.15, 0.2) is 60.2 Å². The van der Waals surface area contributed by atoms with Gasteiger partial charge in [0.15, 0.2) is 0 Å². The van der Waals surface area contributed by atoms with E-state index in [-0.39, 0.29) is 5.69 Å². The van der Waals surface area contributed by atoms with E-state index in [4.69, 9.17) is 9.84 Å². The Hall–Kier alpha value is -3.87. The van der Waals surface area contributed by atoms with Crippen molar-refractivity contribution in [2.45, 2.75) is 32.4 Å². The zero-order chi connectivity index (χ0) is 28.2. The largest absolute Gasteiger partial charge is 0.465 e. The number of anilines is 2. The fourth-order valence-electron chi connectivity index (χ4n) is 3.62. The quantitative estimate of drug-likeness (QED) is 0.167. The first-order valence-corrected chi connectivity index (χ1v) is 16.8. The van der Waals surface area contributed by atoms with E-state index in [2.05, 4.69) is 35.0 Å². The summed E-state index contributed by atoms with van der Waals surface area (Å²) >= 11 is 1.32. The third kappa shape index (κ3) is 7.37. The number of carboxylic acid groups (broad SMARTS) is 1. The maximum atomic E-state index is 14.1. The average molecular weight is 568 g/mol. The second-order valence-electron chi connectivity index (χ2n) is 10.2. The van der Waals surface area contributed by atoms with Gasteiger partial charge in [0.1, 0.15) is 23.2 Å². The minimum atomic E-state index is -1.16. The summed E-state index contributed by atoms with van der Waals surface area (Å²) in [5, 5.41) is 18.6. The summed E-state index contributed by atoms with van der Waals surface area (Å²) < 4.78 is 21.6. The Kier molecular flexibility index (Phi) is 8.58. The van der Waals surface area contributed by atoms with Gasteiger partial charge in [-0.2, -0.15) is 5.10 Å². The third-order valence-electron chi connectivity index (χ3n) is 5.92. The van der Waals surface area contributed by atoms with Gasteiger partial charge in [-0.1, -0.05) is 31.8 Å². The van der Waals surface area contributed by atoms with Crippen LogP contribution < -0.4 is 10.2 Å². The standard InChI is InChI=1S/C27H30FN5O4SSi/c1-32(27(35)36)21-8-5-18(6-9-21)22-13-20(28)7-10-23(22)30-25(34)24-16-38-26(31-24)19-14-29-33(15-19)17-37-11-12-39(2,3)4/h5-10,13-16H,11-12,17H2,1-4H3,(H,30,34)(H,35,36). The third-order valence-corrected chi connectivity index (χ3v) is 8.51. The maximum Gasteiger partial charge on any atom is 0.411 e. The molecule has 2 aromatic heterocycles. The minimum absolute atomic E-state index is 0.225. The van der Waals surface area contributed by atoms with Crippen LogP contribution in [-0.2, 0) is 11.5 Å². The molecule has 2 N–H and O–H groups in total. The van der Waals surface area contributed by atoms with Crippen LogP contribution in [0.2, 0.25) is 25.7 Å². The van der Waals surface area contributed by atoms with Crippen molar-refractivity contribution in [3.8, 4) is 21.7 Å². The first-order chi connectivity index (χ1) is 18.5. The molecule has 39 heavy (non-hydrogen) atoms. The van der Waals surface area contributed by atoms with Crippen molar-refractivity contribution in [3.63, 3.8) is 0 Å². The SMILES string of the molecule is CN(C(=O)O)c1ccc(-c2cc(F)ccc2NC(=O)c2csc(-c3cnn(COCC[Si](C)(C)C)c3)n2)cc1. The van der Waals surface area contributed by atoms with E-state index < -0.39 is 25.9 Å². The number of nitrogens with one attached hydrogen (secondary N) is 1. The summed E-state index contributed by atoms with van der Waals surface area (Å²) in [7, 11) is 0.276. The zero-order valence-corrected chi connectivity index (χ0v) is 24.0. The molecule has 9 nitrogen and oxygen atoms in total. The molecule has 0 aliphatic rings. The number of ether oxygens (including phenoxy) is 1. The van der Waals surface area contributed by atoms with Crippen molar-refractivity contribution in [1.29, 1.82) is 0 Å². The number of benzene rings is 2. The summed E-state index contributed by atoms with van der Waals surface area (Å²) in [5.41, 5.74) is 2.94. The smallest absolute Gasteiger partial charge is 0.411 e. The number of hydrogen-bond acceptors (Lipinski definition) is 6. The number of carbonyl (C=O) groups excluding carboxylic acids is 1. The van der Waals surface area contributed by atoms with Gasteiger partial charge >= 0.3 is 6.09 Å². The van der Waals surface area contributed by atoms with Crippen molar-refractivity contribution >= 4 is 42.8 Å². The van der Waals surface area contributed by atoms with E-state index >= 15 is 0 Å². The maximum absolute atomic E-state index is 14.1. The molecule has 2 amide bonds. The molecule has 0 saturated heterocycles. The van der Waals surface area contributed by atoms with Crippen molar-refractivity contribution in [2.75, 3.05) is 23.9 Å². The zero-order valence-electron chi connectivity index (χ0n) is 22.1. The molecule has 0 saturated carbocycles. The Morgan fingerprint density at radius 2 is 1.90 bits per heavy atom. The fraction of sp³-hybridized carbons (Fsp3) is 0.259. The summed E-state index contributed by atoms with van der Waals surface area (Å²) in [4.78, 5) is 29.8. The number of aromatic nitrogens is 3. The van der Waals surface area contributed by atoms with Crippen LogP contribution in [0.3, 0.4) is 0 Å². The van der Waals surface area contributed by atoms with Crippen LogP contribution in [0.4, 0.5) is 20.6 Å². The number of thiazole rings is 1. The molecule has 0 aliphatic carbocycles. The van der Waals surface area contributed by atoms with Crippen LogP contribution in [0.25, 0.3) is 21.7 Å². The molecular formula is C27H30FN5O4SSi. The molecule has 0 fully saturated rings. The van der Waals surface area contributed by atoms with Crippen molar-refractivity contribution < 1.29 is 23.8 Å². The molecule has 4 aromatic rings. The highest BCUT2D eigenvalue weighted by Crippen LogP contribution is 2.31. The van der Waals surface area contributed by atoms with Gasteiger partial charge in [-0.15, -0.1) is 11.3 Å². The Balaban J connectivity index is 1.45. The molecule has 0 bridgehead atoms. The van der Waals surface area contributed by atoms with E-state index in [1.54, 1.807) is 40.5 Å². The first-order valence-electron chi connectivity index (χ1n) is 12.2. The van der Waals surface area contributed by atoms with Gasteiger partial charge in [0.25, 0.3) is 5.91 Å². The molecule has 204 valence electrons. The molecular weight excluding hydrogens is 537 g/mol. The molecule has 2 aromatic carbocycles. The number of amides is 2. The summed E-state index contributed by atoms with van der Waals surface area (Å²) in [6.07, 6.45) is 2.42. The topological polar surface area (TPSA) is 110 Å². The van der Waals surface area contributed by atoms with E-state index in [9.17, 15) is 14.0 Å². The molecule has 0 atom stereocenters. The Bertz CT molecular complexity index is 1470. The summed E-state index contributed by atoms with van der Waals surface area (Å²) in [6.45, 7) is 7.95. The monoisotopic (exact) mass is 567 g/mol. The lowest BCUT2D eigenvalue weighted by Crippen LogP contribution is -2.23. The van der Waals surface area contributed by atoms with E-state index in [0.717, 1.165) is 16.5 Å². The predicted octanol–water partition coefficient (Wildman–Crippen LogP) is 6.49. The molecule has 0 unspecified atom stereocenters. The molecule has 4 rings (SSSR count). The Morgan fingerprint density at radius 3 is 2.59 bits per heavy atom. The minimum Gasteiger partial charge on any atom is -0.465 e. The number of nitrogens with zero attached hydrogens (tertiary/aromatic N) is 4. The van der Waals surface area contributed by atoms with Gasteiger partial charge in [0.2, 0.25) is 0 Å². The normalized spacial score (nSPS) is 11.4. The molecule has 0 spiro atoms. The summed E-state index contributed by atoms with van der Waals surface area (Å²) in [6, 6.07) is 11.7. The molecule has 12 heteroatoms. The van der Waals surface area contributed by atoms with Gasteiger partial charge in [-0.05, 0) is 41.9 Å². The lowest BCUT2D eigenvalue weighted by molar-refractivity contribution is 0.0786. The highest BCUT2D eigenvalue weighted by molar-refractivity contribution is 7.13. The number of hydrogen-bond donors (Lipinski definition) is 2. The number of carbonyl (C=O) groups is 2. The van der Waals surface area contributed by atoms with Crippen LogP contribution in [0.5, 0.6) is 0 Å². The van der Waals surface area contributed by atoms with Crippen LogP contribution in [0.1, 0.15) is 10.5 Å². The fourth-order valence-corrected chi connectivity index (χ4v) is 5.15. The van der Waals surface area contributed by atoms with Crippen LogP contribution in [0, 0.1) is 5.82 Å². The average Bonchev–Trinajstić information content (AvgIpc) is 3.57. The number of halogens is 1. The van der Waals surface area contributed by atoms with Crippen molar-refractivity contribution in [1.82, 2.24) is 14.8 Å². The molecule has 0 radical (unpaired) electrons. The summed E-state index contributed by atoms with van der Waals surface area (Å²) in [5.74, 6) is -0.901. The molecule has 0 aliphatic heterocycles. The van der Waals surface area contributed by atoms with Gasteiger partial charge in [0, 0.05) is 55.8 Å². The Labute approximate surface area is 230 Å². The Morgan fingerprint density at radius 1 is 1.15 bits per heavy atom. The van der Waals surface area contributed by atoms with E-state index in [1.807, 2.05) is 6.20 Å².